The minimum absolute atomic E-state index is 0.102. The van der Waals surface area contributed by atoms with Gasteiger partial charge in [-0.3, -0.25) is 0 Å². The normalized spacial score (nSPS) is 14.5. The number of hydrogen-bond acceptors (Lipinski definition) is 4. The molecule has 0 amide bonds. The molecule has 0 aliphatic heterocycles. The van der Waals surface area contributed by atoms with Crippen molar-refractivity contribution in [3.63, 3.8) is 0 Å². The van der Waals surface area contributed by atoms with Crippen LogP contribution in [0.3, 0.4) is 0 Å². The van der Waals surface area contributed by atoms with Gasteiger partial charge in [0.2, 0.25) is 0 Å². The Morgan fingerprint density at radius 3 is 2.31 bits per heavy atom. The van der Waals surface area contributed by atoms with Crippen LogP contribution in [0.25, 0.3) is 0 Å². The van der Waals surface area contributed by atoms with Gasteiger partial charge in [0.25, 0.3) is 0 Å². The molecule has 13 heavy (non-hydrogen) atoms. The first-order valence-corrected chi connectivity index (χ1v) is 6.59. The fourth-order valence-electron chi connectivity index (χ4n) is 0.934. The molecular formula is C8H20O3SSi. The van der Waals surface area contributed by atoms with Crippen molar-refractivity contribution in [1.82, 2.24) is 0 Å². The molecule has 0 radical (unpaired) electrons. The second kappa shape index (κ2) is 6.84. The highest BCUT2D eigenvalue weighted by molar-refractivity contribution is 7.75. The van der Waals surface area contributed by atoms with Gasteiger partial charge >= 0.3 is 9.28 Å². The molecular weight excluding hydrogens is 204 g/mol. The van der Waals surface area contributed by atoms with Crippen LogP contribution in [0.1, 0.15) is 27.2 Å². The molecule has 0 aromatic rings. The highest BCUT2D eigenvalue weighted by Crippen LogP contribution is 2.12. The van der Waals surface area contributed by atoms with E-state index >= 15 is 0 Å². The van der Waals surface area contributed by atoms with Crippen molar-refractivity contribution in [2.75, 3.05) is 13.7 Å². The monoisotopic (exact) mass is 224 g/mol. The summed E-state index contributed by atoms with van der Waals surface area (Å²) in [5, 5.41) is 0. The summed E-state index contributed by atoms with van der Waals surface area (Å²) in [4.78, 5) is 0. The zero-order valence-corrected chi connectivity index (χ0v) is 10.9. The van der Waals surface area contributed by atoms with Gasteiger partial charge in [0.05, 0.1) is 6.61 Å². The molecule has 3 nitrogen and oxygen atoms in total. The molecule has 0 heterocycles. The van der Waals surface area contributed by atoms with E-state index in [1.54, 1.807) is 7.11 Å². The number of rotatable bonds is 6. The van der Waals surface area contributed by atoms with E-state index in [-0.39, 0.29) is 5.60 Å². The van der Waals surface area contributed by atoms with E-state index in [0.29, 0.717) is 6.61 Å². The Hall–Kier alpha value is 0.447. The van der Waals surface area contributed by atoms with Crippen LogP contribution >= 0.6 is 12.9 Å². The lowest BCUT2D eigenvalue weighted by Gasteiger charge is -2.25. The summed E-state index contributed by atoms with van der Waals surface area (Å²) >= 11 is 3.67. The zero-order chi connectivity index (χ0) is 10.3. The minimum Gasteiger partial charge on any atom is -0.400 e. The smallest absolute Gasteiger partial charge is 0.321 e. The third-order valence-corrected chi connectivity index (χ3v) is 3.98. The SMILES string of the molecule is CO[SiH](CCCOS)OC(C)(C)C. The average Bonchev–Trinajstić information content (AvgIpc) is 2.01. The fraction of sp³-hybridized carbons (Fsp3) is 1.00. The lowest BCUT2D eigenvalue weighted by molar-refractivity contribution is 0.0908. The fourth-order valence-corrected chi connectivity index (χ4v) is 2.80. The topological polar surface area (TPSA) is 27.7 Å². The molecule has 5 heteroatoms. The van der Waals surface area contributed by atoms with Crippen molar-refractivity contribution in [3.05, 3.63) is 0 Å². The van der Waals surface area contributed by atoms with Crippen molar-refractivity contribution < 1.29 is 13.0 Å². The minimum atomic E-state index is -1.48. The first-order valence-electron chi connectivity index (χ1n) is 4.46. The highest BCUT2D eigenvalue weighted by Gasteiger charge is 2.19. The van der Waals surface area contributed by atoms with Crippen molar-refractivity contribution in [2.45, 2.75) is 38.8 Å². The maximum absolute atomic E-state index is 5.77. The van der Waals surface area contributed by atoms with Gasteiger partial charge in [-0.1, -0.05) is 0 Å². The van der Waals surface area contributed by atoms with E-state index in [2.05, 4.69) is 17.1 Å². The van der Waals surface area contributed by atoms with Gasteiger partial charge < -0.3 is 13.0 Å². The molecule has 0 bridgehead atoms. The molecule has 0 aliphatic carbocycles. The van der Waals surface area contributed by atoms with E-state index in [9.17, 15) is 0 Å². The van der Waals surface area contributed by atoms with Gasteiger partial charge in [0.15, 0.2) is 0 Å². The molecule has 0 aromatic carbocycles. The standard InChI is InChI=1S/C8H20O3SSi/c1-8(2,3)11-13(9-4)7-5-6-10-12/h12-13H,5-7H2,1-4H3. The lowest BCUT2D eigenvalue weighted by atomic mass is 10.2. The summed E-state index contributed by atoms with van der Waals surface area (Å²) < 4.78 is 15.8. The Labute approximate surface area is 88.2 Å². The summed E-state index contributed by atoms with van der Waals surface area (Å²) in [7, 11) is 0.229. The summed E-state index contributed by atoms with van der Waals surface area (Å²) in [6.45, 7) is 6.78. The van der Waals surface area contributed by atoms with Gasteiger partial charge in [-0.2, -0.15) is 0 Å². The zero-order valence-electron chi connectivity index (χ0n) is 8.87. The molecule has 0 aromatic heterocycles. The van der Waals surface area contributed by atoms with Gasteiger partial charge in [-0.15, -0.1) is 0 Å². The number of hydrogen-bond donors (Lipinski definition) is 1. The molecule has 0 saturated carbocycles. The van der Waals surface area contributed by atoms with Crippen molar-refractivity contribution in [2.24, 2.45) is 0 Å². The average molecular weight is 224 g/mol. The Bertz CT molecular complexity index is 127. The van der Waals surface area contributed by atoms with E-state index in [1.165, 1.54) is 0 Å². The maximum Gasteiger partial charge on any atom is 0.321 e. The van der Waals surface area contributed by atoms with Crippen LogP contribution in [0, 0.1) is 0 Å². The summed E-state index contributed by atoms with van der Waals surface area (Å²) in [5.41, 5.74) is -0.102. The van der Waals surface area contributed by atoms with Crippen LogP contribution in [0.4, 0.5) is 0 Å². The lowest BCUT2D eigenvalue weighted by Crippen LogP contribution is -2.32. The van der Waals surface area contributed by atoms with Crippen LogP contribution in [0.2, 0.25) is 6.04 Å². The summed E-state index contributed by atoms with van der Waals surface area (Å²) in [6, 6.07) is 0.967. The molecule has 0 fully saturated rings. The quantitative estimate of drug-likeness (QED) is 0.323. The first kappa shape index (κ1) is 13.4. The Morgan fingerprint density at radius 2 is 1.92 bits per heavy atom. The molecule has 0 rings (SSSR count). The second-order valence-electron chi connectivity index (χ2n) is 3.87. The van der Waals surface area contributed by atoms with Crippen molar-refractivity contribution in [1.29, 1.82) is 0 Å². The molecule has 1 unspecified atom stereocenters. The predicted molar refractivity (Wildman–Crippen MR) is 59.4 cm³/mol. The summed E-state index contributed by atoms with van der Waals surface area (Å²) in [6.07, 6.45) is 0.949. The van der Waals surface area contributed by atoms with Crippen molar-refractivity contribution in [3.8, 4) is 0 Å². The Kier molecular flexibility index (Phi) is 7.07. The third kappa shape index (κ3) is 8.77. The van der Waals surface area contributed by atoms with E-state index in [4.69, 9.17) is 8.85 Å². The van der Waals surface area contributed by atoms with E-state index in [0.717, 1.165) is 12.5 Å². The van der Waals surface area contributed by atoms with Crippen LogP contribution in [-0.4, -0.2) is 28.6 Å². The highest BCUT2D eigenvalue weighted by atomic mass is 32.1. The third-order valence-electron chi connectivity index (χ3n) is 1.42. The van der Waals surface area contributed by atoms with E-state index in [1.807, 2.05) is 20.8 Å². The van der Waals surface area contributed by atoms with Gasteiger partial charge in [0.1, 0.15) is 0 Å². The molecule has 0 saturated heterocycles. The molecule has 1 atom stereocenters. The van der Waals surface area contributed by atoms with E-state index < -0.39 is 9.28 Å². The van der Waals surface area contributed by atoms with Crippen LogP contribution < -0.4 is 0 Å². The molecule has 80 valence electrons. The van der Waals surface area contributed by atoms with Crippen LogP contribution in [-0.2, 0) is 13.0 Å². The van der Waals surface area contributed by atoms with Crippen LogP contribution in [0.15, 0.2) is 0 Å². The largest absolute Gasteiger partial charge is 0.400 e. The molecule has 0 spiro atoms. The predicted octanol–water partition coefficient (Wildman–Crippen LogP) is 1.92. The van der Waals surface area contributed by atoms with Gasteiger partial charge in [-0.05, 0) is 46.1 Å². The van der Waals surface area contributed by atoms with Gasteiger partial charge in [0, 0.05) is 12.7 Å². The van der Waals surface area contributed by atoms with Crippen molar-refractivity contribution >= 4 is 22.2 Å². The summed E-state index contributed by atoms with van der Waals surface area (Å²) in [5.74, 6) is 0. The van der Waals surface area contributed by atoms with Gasteiger partial charge in [-0.25, -0.2) is 0 Å². The molecule has 0 aliphatic rings. The first-order chi connectivity index (χ1) is 5.99. The van der Waals surface area contributed by atoms with Crippen LogP contribution in [0.5, 0.6) is 0 Å². The Balaban J connectivity index is 3.63. The number of thiol groups is 1. The molecule has 0 N–H and O–H groups in total. The Morgan fingerprint density at radius 1 is 1.31 bits per heavy atom. The second-order valence-corrected chi connectivity index (χ2v) is 6.27. The maximum atomic E-state index is 5.77.